The van der Waals surface area contributed by atoms with Crippen LogP contribution in [0.25, 0.3) is 0 Å². The second-order valence-corrected chi connectivity index (χ2v) is 12.3. The number of carbonyl (C=O) groups excluding carboxylic acids is 6. The Morgan fingerprint density at radius 2 is 1.87 bits per heavy atom. The molecule has 2 aromatic carbocycles. The number of ether oxygens (including phenoxy) is 1. The molecule has 14 nitrogen and oxygen atoms in total. The Kier molecular flexibility index (Phi) is 10.0. The Bertz CT molecular complexity index is 1660. The molecule has 234 valence electrons. The quantitative estimate of drug-likeness (QED) is 0.157. The third-order valence-corrected chi connectivity index (χ3v) is 9.42. The van der Waals surface area contributed by atoms with Crippen molar-refractivity contribution in [2.24, 2.45) is 0 Å². The number of amides is 6. The molecule has 4 aliphatic heterocycles. The number of aliphatic carboxylic acids is 1. The summed E-state index contributed by atoms with van der Waals surface area (Å²) in [5, 5.41) is 18.5. The minimum absolute atomic E-state index is 0. The predicted octanol–water partition coefficient (Wildman–Crippen LogP) is -2.25. The first kappa shape index (κ1) is 33.8. The van der Waals surface area contributed by atoms with Gasteiger partial charge in [-0.3, -0.25) is 24.3 Å². The number of anilines is 1. The number of halogens is 1. The standard InChI is InChI=1S/C29H27ClN6O8S.Na/c1-14(37)44-12-17-13-45-26-23(25(39)35(26)24(17)27(40)41)32-21(38)10-15-3-2-4-19(9-15)31-28(42)34-11-20-22(33-36(20)29(34)43)16-5-7-18(30)8-6-16;/h2-9,20,22-23,26,33H,10-13H2,1H3,(H,31,42)(H,32,38)(H,40,41);/q;+1/p-1/t20?,22?,23?,26-;/m0./s1. The van der Waals surface area contributed by atoms with Gasteiger partial charge in [0, 0.05) is 29.0 Å². The number of nitrogens with zero attached hydrogens (tertiary/aromatic N) is 3. The first-order valence-corrected chi connectivity index (χ1v) is 15.3. The van der Waals surface area contributed by atoms with Gasteiger partial charge in [0.25, 0.3) is 5.91 Å². The number of urea groups is 2. The molecule has 46 heavy (non-hydrogen) atoms. The molecule has 3 N–H and O–H groups in total. The van der Waals surface area contributed by atoms with Gasteiger partial charge >= 0.3 is 47.6 Å². The van der Waals surface area contributed by atoms with Crippen LogP contribution in [0.2, 0.25) is 5.02 Å². The van der Waals surface area contributed by atoms with Crippen molar-refractivity contribution in [1.82, 2.24) is 25.6 Å². The summed E-state index contributed by atoms with van der Waals surface area (Å²) in [6, 6.07) is 11.4. The average Bonchev–Trinajstić information content (AvgIpc) is 3.24. The smallest absolute Gasteiger partial charge is 0.543 e. The minimum Gasteiger partial charge on any atom is -0.543 e. The first-order chi connectivity index (χ1) is 21.5. The number of hydrazine groups is 1. The number of carboxylic acid groups (broad SMARTS) is 1. The van der Waals surface area contributed by atoms with Gasteiger partial charge in [-0.2, -0.15) is 0 Å². The zero-order valence-corrected chi connectivity index (χ0v) is 28.2. The van der Waals surface area contributed by atoms with Gasteiger partial charge in [0.05, 0.1) is 36.7 Å². The van der Waals surface area contributed by atoms with Crippen LogP contribution < -0.4 is 50.7 Å². The van der Waals surface area contributed by atoms with Gasteiger partial charge in [0.1, 0.15) is 18.0 Å². The number of β-lactam (4-membered cyclic amide) rings is 1. The molecule has 0 radical (unpaired) electrons. The number of imide groups is 1. The van der Waals surface area contributed by atoms with Crippen LogP contribution in [0.1, 0.15) is 24.1 Å². The molecule has 0 spiro atoms. The van der Waals surface area contributed by atoms with E-state index in [1.165, 1.54) is 23.7 Å². The van der Waals surface area contributed by atoms with Crippen molar-refractivity contribution in [3.8, 4) is 0 Å². The fraction of sp³-hybridized carbons (Fsp3) is 0.310. The Morgan fingerprint density at radius 1 is 1.13 bits per heavy atom. The Balaban J connectivity index is 0.00000417. The number of benzene rings is 2. The molecule has 3 fully saturated rings. The first-order valence-electron chi connectivity index (χ1n) is 13.8. The van der Waals surface area contributed by atoms with E-state index < -0.39 is 47.2 Å². The fourth-order valence-corrected chi connectivity index (χ4v) is 7.10. The maximum atomic E-state index is 13.0. The van der Waals surface area contributed by atoms with Gasteiger partial charge in [-0.1, -0.05) is 35.9 Å². The van der Waals surface area contributed by atoms with E-state index in [4.69, 9.17) is 16.3 Å². The average molecular weight is 677 g/mol. The van der Waals surface area contributed by atoms with Crippen molar-refractivity contribution in [2.75, 3.05) is 24.2 Å². The van der Waals surface area contributed by atoms with Crippen LogP contribution in [0.4, 0.5) is 15.3 Å². The SMILES string of the molecule is CC(=O)OCC1=C(C(=O)[O-])N2C(=O)C(NC(=O)Cc3cccc(NC(=O)N4CC5C(c6ccc(Cl)cc6)NN5C4=O)c3)[C@@H]2SC1.[Na+]. The molecule has 3 saturated heterocycles. The van der Waals surface area contributed by atoms with E-state index in [2.05, 4.69) is 16.1 Å². The molecule has 0 bridgehead atoms. The van der Waals surface area contributed by atoms with Crippen LogP contribution in [-0.2, 0) is 30.3 Å². The van der Waals surface area contributed by atoms with Crippen molar-refractivity contribution >= 4 is 64.9 Å². The van der Waals surface area contributed by atoms with Crippen LogP contribution in [0.3, 0.4) is 0 Å². The van der Waals surface area contributed by atoms with E-state index in [0.29, 0.717) is 16.3 Å². The second kappa shape index (κ2) is 13.6. The van der Waals surface area contributed by atoms with Crippen LogP contribution >= 0.6 is 23.4 Å². The van der Waals surface area contributed by atoms with Crippen molar-refractivity contribution < 1.29 is 68.2 Å². The van der Waals surface area contributed by atoms with Gasteiger partial charge in [-0.05, 0) is 35.4 Å². The number of hydrogen-bond acceptors (Lipinski definition) is 10. The number of fused-ring (bicyclic) bond motifs is 2. The fourth-order valence-electron chi connectivity index (χ4n) is 5.65. The Hall–Kier alpha value is -3.60. The van der Waals surface area contributed by atoms with Gasteiger partial charge in [-0.25, -0.2) is 19.9 Å². The number of rotatable bonds is 8. The summed E-state index contributed by atoms with van der Waals surface area (Å²) >= 11 is 7.21. The predicted molar refractivity (Wildman–Crippen MR) is 158 cm³/mol. The summed E-state index contributed by atoms with van der Waals surface area (Å²) in [4.78, 5) is 76.6. The molecule has 17 heteroatoms. The number of esters is 1. The maximum Gasteiger partial charge on any atom is 1.00 e. The zero-order chi connectivity index (χ0) is 32.0. The third-order valence-electron chi connectivity index (χ3n) is 7.83. The molecule has 6 rings (SSSR count). The second-order valence-electron chi connectivity index (χ2n) is 10.8. The summed E-state index contributed by atoms with van der Waals surface area (Å²) in [7, 11) is 0. The van der Waals surface area contributed by atoms with Crippen LogP contribution in [0.5, 0.6) is 0 Å². The number of nitrogens with one attached hydrogen (secondary N) is 3. The van der Waals surface area contributed by atoms with Crippen LogP contribution in [-0.4, -0.2) is 87.0 Å². The molecule has 0 aliphatic carbocycles. The van der Waals surface area contributed by atoms with Gasteiger partial charge in [0.2, 0.25) is 5.91 Å². The molecule has 4 atom stereocenters. The van der Waals surface area contributed by atoms with E-state index in [9.17, 15) is 33.9 Å². The van der Waals surface area contributed by atoms with E-state index in [0.717, 1.165) is 15.4 Å². The molecule has 4 aliphatic rings. The summed E-state index contributed by atoms with van der Waals surface area (Å²) in [6.45, 7) is 1.09. The van der Waals surface area contributed by atoms with Gasteiger partial charge in [0.15, 0.2) is 0 Å². The third kappa shape index (κ3) is 6.48. The summed E-state index contributed by atoms with van der Waals surface area (Å²) in [6.07, 6.45) is -0.128. The monoisotopic (exact) mass is 676 g/mol. The van der Waals surface area contributed by atoms with Crippen molar-refractivity contribution in [1.29, 1.82) is 0 Å². The number of thioether (sulfide) groups is 1. The number of carboxylic acids is 1. The van der Waals surface area contributed by atoms with E-state index in [1.54, 1.807) is 36.4 Å². The van der Waals surface area contributed by atoms with Crippen molar-refractivity contribution in [3.05, 3.63) is 76.0 Å². The topological polar surface area (TPSA) is 181 Å². The molecule has 3 unspecified atom stereocenters. The largest absolute Gasteiger partial charge is 1.00 e. The van der Waals surface area contributed by atoms with E-state index in [-0.39, 0.29) is 78.2 Å². The molecule has 0 saturated carbocycles. The zero-order valence-electron chi connectivity index (χ0n) is 24.7. The Labute approximate surface area is 294 Å². The maximum absolute atomic E-state index is 13.0. The summed E-state index contributed by atoms with van der Waals surface area (Å²) < 4.78 is 4.90. The number of hydrogen-bond donors (Lipinski definition) is 3. The molecular weight excluding hydrogens is 651 g/mol. The molecule has 0 aromatic heterocycles. The molecule has 2 aromatic rings. The van der Waals surface area contributed by atoms with Crippen molar-refractivity contribution in [3.63, 3.8) is 0 Å². The van der Waals surface area contributed by atoms with E-state index in [1.807, 2.05) is 12.1 Å². The summed E-state index contributed by atoms with van der Waals surface area (Å²) in [5.74, 6) is -3.09. The van der Waals surface area contributed by atoms with Gasteiger partial charge < -0.3 is 25.3 Å². The molecular formula is C29H26ClN6NaO8S. The minimum atomic E-state index is -1.57. The molecule has 6 amide bonds. The number of carbonyl (C=O) groups is 6. The van der Waals surface area contributed by atoms with Crippen LogP contribution in [0, 0.1) is 0 Å². The normalized spacial score (nSPS) is 23.0. The van der Waals surface area contributed by atoms with Gasteiger partial charge in [-0.15, -0.1) is 11.8 Å². The van der Waals surface area contributed by atoms with E-state index >= 15 is 0 Å². The van der Waals surface area contributed by atoms with Crippen molar-refractivity contribution in [2.45, 2.75) is 36.8 Å². The molecule has 4 heterocycles. The Morgan fingerprint density at radius 3 is 2.57 bits per heavy atom. The van der Waals surface area contributed by atoms with Crippen LogP contribution in [0.15, 0.2) is 59.8 Å². The summed E-state index contributed by atoms with van der Waals surface area (Å²) in [5.41, 5.74) is 4.80.